The minimum absolute atomic E-state index is 0.119. The van der Waals surface area contributed by atoms with Gasteiger partial charge in [0.25, 0.3) is 0 Å². The van der Waals surface area contributed by atoms with Gasteiger partial charge in [-0.2, -0.15) is 5.11 Å². The molecule has 1 aliphatic carbocycles. The van der Waals surface area contributed by atoms with E-state index >= 15 is 0 Å². The Morgan fingerprint density at radius 3 is 3.08 bits per heavy atom. The fraction of sp³-hybridized carbons (Fsp3) is 0.333. The Hall–Kier alpha value is -0.700. The van der Waals surface area contributed by atoms with E-state index in [2.05, 4.69) is 33.2 Å². The molecule has 0 spiro atoms. The van der Waals surface area contributed by atoms with Crippen LogP contribution in [-0.4, -0.2) is 0 Å². The predicted octanol–water partition coefficient (Wildman–Crippen LogP) is 3.47. The van der Waals surface area contributed by atoms with Crippen molar-refractivity contribution in [2.24, 2.45) is 5.11 Å². The van der Waals surface area contributed by atoms with E-state index in [1.165, 1.54) is 11.1 Å². The zero-order chi connectivity index (χ0) is 8.55. The van der Waals surface area contributed by atoms with E-state index in [1.54, 1.807) is 0 Å². The highest BCUT2D eigenvalue weighted by Crippen LogP contribution is 2.35. The highest BCUT2D eigenvalue weighted by atomic mass is 79.9. The van der Waals surface area contributed by atoms with Crippen LogP contribution in [0.4, 0.5) is 0 Å². The first-order valence-electron chi connectivity index (χ1n) is 3.96. The van der Waals surface area contributed by atoms with Crippen molar-refractivity contribution in [1.82, 2.24) is 0 Å². The van der Waals surface area contributed by atoms with Crippen molar-refractivity contribution >= 4 is 15.9 Å². The first-order valence-corrected chi connectivity index (χ1v) is 4.75. The molecule has 1 N–H and O–H groups in total. The molecule has 0 unspecified atom stereocenters. The van der Waals surface area contributed by atoms with Crippen molar-refractivity contribution in [3.8, 4) is 0 Å². The number of hydrogen-bond acceptors (Lipinski definition) is 2. The van der Waals surface area contributed by atoms with Crippen LogP contribution in [0.25, 0.3) is 0 Å². The van der Waals surface area contributed by atoms with Crippen LogP contribution in [0, 0.1) is 5.53 Å². The first kappa shape index (κ1) is 7.92. The molecule has 0 aliphatic heterocycles. The highest BCUT2D eigenvalue weighted by Gasteiger charge is 2.21. The summed E-state index contributed by atoms with van der Waals surface area (Å²) in [5, 5.41) is 3.59. The van der Waals surface area contributed by atoms with E-state index in [9.17, 15) is 0 Å². The quantitative estimate of drug-likeness (QED) is 0.710. The van der Waals surface area contributed by atoms with Crippen molar-refractivity contribution < 1.29 is 0 Å². The van der Waals surface area contributed by atoms with Crippen LogP contribution in [0.2, 0.25) is 0 Å². The van der Waals surface area contributed by atoms with E-state index in [0.29, 0.717) is 0 Å². The van der Waals surface area contributed by atoms with Crippen LogP contribution in [0.1, 0.15) is 23.6 Å². The predicted molar refractivity (Wildman–Crippen MR) is 50.4 cm³/mol. The van der Waals surface area contributed by atoms with Gasteiger partial charge in [0.2, 0.25) is 0 Å². The molecule has 2 rings (SSSR count). The second-order valence-corrected chi connectivity index (χ2v) is 3.94. The molecule has 0 saturated heterocycles. The summed E-state index contributed by atoms with van der Waals surface area (Å²) in [6, 6.07) is 6.32. The van der Waals surface area contributed by atoms with Gasteiger partial charge >= 0.3 is 0 Å². The lowest BCUT2D eigenvalue weighted by Gasteiger charge is -2.02. The number of aryl methyl sites for hydroxylation is 1. The summed E-state index contributed by atoms with van der Waals surface area (Å²) in [7, 11) is 0. The molecule has 1 aromatic carbocycles. The van der Waals surface area contributed by atoms with Crippen LogP contribution >= 0.6 is 15.9 Å². The molecule has 0 aromatic heterocycles. The highest BCUT2D eigenvalue weighted by molar-refractivity contribution is 9.10. The molecule has 0 amide bonds. The maximum atomic E-state index is 7.00. The Kier molecular flexibility index (Phi) is 1.97. The Balaban J connectivity index is 2.47. The van der Waals surface area contributed by atoms with E-state index in [1.807, 2.05) is 6.07 Å². The lowest BCUT2D eigenvalue weighted by atomic mass is 10.1. The van der Waals surface area contributed by atoms with Crippen LogP contribution < -0.4 is 0 Å². The molecule has 3 heteroatoms. The number of nitrogens with zero attached hydrogens (tertiary/aromatic N) is 1. The molecular weight excluding hydrogens is 216 g/mol. The largest absolute Gasteiger partial charge is 0.209 e. The monoisotopic (exact) mass is 224 g/mol. The van der Waals surface area contributed by atoms with E-state index in [0.717, 1.165) is 17.3 Å². The first-order chi connectivity index (χ1) is 5.81. The second kappa shape index (κ2) is 2.98. The molecule has 1 aliphatic rings. The molecule has 0 saturated carbocycles. The van der Waals surface area contributed by atoms with Crippen molar-refractivity contribution in [3.05, 3.63) is 33.8 Å². The summed E-state index contributed by atoms with van der Waals surface area (Å²) >= 11 is 3.43. The second-order valence-electron chi connectivity index (χ2n) is 3.03. The van der Waals surface area contributed by atoms with Crippen LogP contribution in [0.15, 0.2) is 27.8 Å². The zero-order valence-electron chi connectivity index (χ0n) is 6.55. The number of halogens is 1. The Bertz CT molecular complexity index is 322. The summed E-state index contributed by atoms with van der Waals surface area (Å²) in [4.78, 5) is 0. The molecule has 2 nitrogen and oxygen atoms in total. The molecular formula is C9H9BrN2. The summed E-state index contributed by atoms with van der Waals surface area (Å²) < 4.78 is 1.12. The van der Waals surface area contributed by atoms with E-state index in [-0.39, 0.29) is 6.04 Å². The van der Waals surface area contributed by atoms with Gasteiger partial charge in [0.05, 0.1) is 6.04 Å². The van der Waals surface area contributed by atoms with Gasteiger partial charge in [-0.3, -0.25) is 0 Å². The van der Waals surface area contributed by atoms with Crippen LogP contribution in [0.3, 0.4) is 0 Å². The zero-order valence-corrected chi connectivity index (χ0v) is 8.13. The normalized spacial score (nSPS) is 20.6. The fourth-order valence-electron chi connectivity index (χ4n) is 1.70. The number of hydrogen-bond donors (Lipinski definition) is 1. The lowest BCUT2D eigenvalue weighted by molar-refractivity contribution is 0.658. The Morgan fingerprint density at radius 2 is 2.33 bits per heavy atom. The maximum Gasteiger partial charge on any atom is 0.0961 e. The molecule has 0 radical (unpaired) electrons. The Morgan fingerprint density at radius 1 is 1.50 bits per heavy atom. The number of fused-ring (bicyclic) bond motifs is 1. The number of nitrogens with one attached hydrogen (secondary N) is 1. The molecule has 12 heavy (non-hydrogen) atoms. The van der Waals surface area contributed by atoms with Crippen molar-refractivity contribution in [2.75, 3.05) is 0 Å². The van der Waals surface area contributed by atoms with Crippen molar-refractivity contribution in [2.45, 2.75) is 18.9 Å². The minimum atomic E-state index is 0.119. The molecule has 62 valence electrons. The SMILES string of the molecule is N=N[C@H]1CCc2cc(Br)ccc21. The third-order valence-corrected chi connectivity index (χ3v) is 2.80. The van der Waals surface area contributed by atoms with Gasteiger partial charge < -0.3 is 0 Å². The summed E-state index contributed by atoms with van der Waals surface area (Å²) in [6.45, 7) is 0. The summed E-state index contributed by atoms with van der Waals surface area (Å²) in [5.74, 6) is 0. The third-order valence-electron chi connectivity index (χ3n) is 2.31. The fourth-order valence-corrected chi connectivity index (χ4v) is 2.11. The van der Waals surface area contributed by atoms with Gasteiger partial charge in [-0.25, -0.2) is 5.53 Å². The summed E-state index contributed by atoms with van der Waals surface area (Å²) in [5.41, 5.74) is 9.57. The standard InChI is InChI=1S/C9H9BrN2/c10-7-2-3-8-6(5-7)1-4-9(8)12-11/h2-3,5,9,11H,1,4H2/t9-/m0/s1. The molecule has 0 heterocycles. The van der Waals surface area contributed by atoms with Crippen LogP contribution in [-0.2, 0) is 6.42 Å². The molecule has 0 bridgehead atoms. The average molecular weight is 225 g/mol. The van der Waals surface area contributed by atoms with Gasteiger partial charge in [0, 0.05) is 4.47 Å². The number of rotatable bonds is 1. The van der Waals surface area contributed by atoms with Gasteiger partial charge in [-0.1, -0.05) is 22.0 Å². The van der Waals surface area contributed by atoms with Gasteiger partial charge in [0.1, 0.15) is 0 Å². The minimum Gasteiger partial charge on any atom is -0.209 e. The van der Waals surface area contributed by atoms with Crippen molar-refractivity contribution in [3.63, 3.8) is 0 Å². The van der Waals surface area contributed by atoms with Crippen LogP contribution in [0.5, 0.6) is 0 Å². The van der Waals surface area contributed by atoms with Crippen molar-refractivity contribution in [1.29, 1.82) is 5.53 Å². The molecule has 1 atom stereocenters. The van der Waals surface area contributed by atoms with E-state index in [4.69, 9.17) is 5.53 Å². The third kappa shape index (κ3) is 1.18. The lowest BCUT2D eigenvalue weighted by Crippen LogP contribution is -1.86. The maximum absolute atomic E-state index is 7.00. The summed E-state index contributed by atoms with van der Waals surface area (Å²) in [6.07, 6.45) is 2.05. The smallest absolute Gasteiger partial charge is 0.0961 e. The molecule has 0 fully saturated rings. The number of benzene rings is 1. The van der Waals surface area contributed by atoms with Gasteiger partial charge in [-0.15, -0.1) is 0 Å². The van der Waals surface area contributed by atoms with Gasteiger partial charge in [0.15, 0.2) is 0 Å². The molecule has 1 aromatic rings. The van der Waals surface area contributed by atoms with Gasteiger partial charge in [-0.05, 0) is 36.1 Å². The Labute approximate surface area is 79.6 Å². The topological polar surface area (TPSA) is 36.2 Å². The van der Waals surface area contributed by atoms with E-state index < -0.39 is 0 Å². The average Bonchev–Trinajstić information content (AvgIpc) is 2.46.